The van der Waals surface area contributed by atoms with Crippen molar-refractivity contribution in [2.45, 2.75) is 18.4 Å². The van der Waals surface area contributed by atoms with Crippen LogP contribution in [0.15, 0.2) is 47.6 Å². The third-order valence-corrected chi connectivity index (χ3v) is 6.14. The van der Waals surface area contributed by atoms with Gasteiger partial charge in [-0.2, -0.15) is 4.98 Å². The Kier molecular flexibility index (Phi) is 5.43. The van der Waals surface area contributed by atoms with Gasteiger partial charge in [0.25, 0.3) is 16.0 Å². The summed E-state index contributed by atoms with van der Waals surface area (Å²) in [5.41, 5.74) is 2.16. The Labute approximate surface area is 165 Å². The maximum absolute atomic E-state index is 12.5. The normalized spacial score (nSPS) is 11.5. The lowest BCUT2D eigenvalue weighted by Crippen LogP contribution is -2.15. The van der Waals surface area contributed by atoms with E-state index in [0.29, 0.717) is 6.54 Å². The Bertz CT molecular complexity index is 1070. The summed E-state index contributed by atoms with van der Waals surface area (Å²) in [4.78, 5) is 3.78. The molecule has 0 bridgehead atoms. The van der Waals surface area contributed by atoms with E-state index in [1.807, 2.05) is 31.2 Å². The zero-order valence-corrected chi connectivity index (χ0v) is 16.5. The number of halogens is 3. The average Bonchev–Trinajstić information content (AvgIpc) is 2.99. The first-order valence-electron chi connectivity index (χ1n) is 7.37. The van der Waals surface area contributed by atoms with Crippen molar-refractivity contribution in [1.29, 1.82) is 0 Å². The van der Waals surface area contributed by atoms with Gasteiger partial charge in [-0.05, 0) is 30.2 Å². The van der Waals surface area contributed by atoms with Crippen molar-refractivity contribution in [3.63, 3.8) is 0 Å². The van der Waals surface area contributed by atoms with E-state index in [1.165, 1.54) is 23.1 Å². The molecule has 0 fully saturated rings. The molecular formula is C16H13Cl3N4O2S. The SMILES string of the molecule is Cc1ccccc1Cn1cnc(NS(=O)(=O)c2cc(Cl)c(Cl)cc2Cl)n1. The minimum atomic E-state index is -4.01. The fraction of sp³-hybridized carbons (Fsp3) is 0.125. The lowest BCUT2D eigenvalue weighted by Gasteiger charge is -2.08. The standard InChI is InChI=1S/C16H13Cl3N4O2S/c1-10-4-2-3-5-11(10)8-23-9-20-16(21-23)22-26(24,25)15-7-13(18)12(17)6-14(15)19/h2-7,9H,8H2,1H3,(H,21,22). The van der Waals surface area contributed by atoms with Gasteiger partial charge in [-0.15, -0.1) is 5.10 Å². The minimum absolute atomic E-state index is 0.0498. The zero-order chi connectivity index (χ0) is 18.9. The van der Waals surface area contributed by atoms with Crippen molar-refractivity contribution >= 4 is 50.8 Å². The predicted molar refractivity (Wildman–Crippen MR) is 103 cm³/mol. The third kappa shape index (κ3) is 4.12. The molecule has 0 aliphatic carbocycles. The van der Waals surface area contributed by atoms with Crippen molar-refractivity contribution in [3.8, 4) is 0 Å². The summed E-state index contributed by atoms with van der Waals surface area (Å²) < 4.78 is 28.9. The fourth-order valence-corrected chi connectivity index (χ4v) is 4.21. The number of sulfonamides is 1. The molecular weight excluding hydrogens is 419 g/mol. The molecule has 1 aromatic heterocycles. The molecule has 0 saturated heterocycles. The molecule has 10 heteroatoms. The molecule has 0 unspecified atom stereocenters. The highest BCUT2D eigenvalue weighted by Gasteiger charge is 2.21. The quantitative estimate of drug-likeness (QED) is 0.608. The van der Waals surface area contributed by atoms with Gasteiger partial charge in [0.15, 0.2) is 0 Å². The lowest BCUT2D eigenvalue weighted by molar-refractivity contribution is 0.600. The van der Waals surface area contributed by atoms with Crippen LogP contribution in [0.3, 0.4) is 0 Å². The molecule has 0 atom stereocenters. The van der Waals surface area contributed by atoms with E-state index in [-0.39, 0.29) is 25.9 Å². The topological polar surface area (TPSA) is 76.9 Å². The molecule has 6 nitrogen and oxygen atoms in total. The van der Waals surface area contributed by atoms with E-state index in [0.717, 1.165) is 11.1 Å². The second-order valence-corrected chi connectivity index (χ2v) is 8.37. The van der Waals surface area contributed by atoms with E-state index < -0.39 is 10.0 Å². The first kappa shape index (κ1) is 19.0. The Balaban J connectivity index is 1.82. The van der Waals surface area contributed by atoms with Crippen LogP contribution in [0, 0.1) is 6.92 Å². The van der Waals surface area contributed by atoms with Gasteiger partial charge in [0, 0.05) is 0 Å². The van der Waals surface area contributed by atoms with E-state index in [2.05, 4.69) is 14.8 Å². The van der Waals surface area contributed by atoms with Crippen molar-refractivity contribution in [2.24, 2.45) is 0 Å². The van der Waals surface area contributed by atoms with Gasteiger partial charge >= 0.3 is 0 Å². The number of aromatic nitrogens is 3. The van der Waals surface area contributed by atoms with Crippen LogP contribution < -0.4 is 4.72 Å². The molecule has 1 N–H and O–H groups in total. The van der Waals surface area contributed by atoms with Gasteiger partial charge in [-0.25, -0.2) is 17.8 Å². The molecule has 26 heavy (non-hydrogen) atoms. The maximum atomic E-state index is 12.5. The number of nitrogens with one attached hydrogen (secondary N) is 1. The molecule has 0 aliphatic heterocycles. The Morgan fingerprint density at radius 2 is 1.77 bits per heavy atom. The van der Waals surface area contributed by atoms with E-state index in [9.17, 15) is 8.42 Å². The minimum Gasteiger partial charge on any atom is -0.246 e. The number of rotatable bonds is 5. The van der Waals surface area contributed by atoms with Crippen LogP contribution in [0.4, 0.5) is 5.95 Å². The second kappa shape index (κ2) is 7.44. The van der Waals surface area contributed by atoms with Gasteiger partial charge in [0.1, 0.15) is 11.2 Å². The van der Waals surface area contributed by atoms with Gasteiger partial charge < -0.3 is 0 Å². The Morgan fingerprint density at radius 1 is 1.08 bits per heavy atom. The molecule has 136 valence electrons. The van der Waals surface area contributed by atoms with Crippen LogP contribution in [0.2, 0.25) is 15.1 Å². The van der Waals surface area contributed by atoms with Crippen molar-refractivity contribution in [1.82, 2.24) is 14.8 Å². The van der Waals surface area contributed by atoms with E-state index in [4.69, 9.17) is 34.8 Å². The summed E-state index contributed by atoms with van der Waals surface area (Å²) in [5, 5.41) is 4.33. The summed E-state index contributed by atoms with van der Waals surface area (Å²) in [6.45, 7) is 2.46. The summed E-state index contributed by atoms with van der Waals surface area (Å²) in [6, 6.07) is 10.3. The first-order chi connectivity index (χ1) is 12.3. The highest BCUT2D eigenvalue weighted by atomic mass is 35.5. The summed E-state index contributed by atoms with van der Waals surface area (Å²) in [7, 11) is -4.01. The van der Waals surface area contributed by atoms with Gasteiger partial charge in [-0.1, -0.05) is 59.1 Å². The Morgan fingerprint density at radius 3 is 2.50 bits per heavy atom. The largest absolute Gasteiger partial charge is 0.265 e. The molecule has 0 amide bonds. The van der Waals surface area contributed by atoms with Crippen LogP contribution in [0.5, 0.6) is 0 Å². The summed E-state index contributed by atoms with van der Waals surface area (Å²) in [6.07, 6.45) is 1.45. The van der Waals surface area contributed by atoms with Crippen LogP contribution in [0.1, 0.15) is 11.1 Å². The molecule has 0 spiro atoms. The van der Waals surface area contributed by atoms with Crippen molar-refractivity contribution in [3.05, 3.63) is 68.9 Å². The molecule has 3 aromatic rings. The van der Waals surface area contributed by atoms with E-state index in [1.54, 1.807) is 0 Å². The summed E-state index contributed by atoms with van der Waals surface area (Å²) >= 11 is 17.7. The predicted octanol–water partition coefficient (Wildman–Crippen LogP) is 4.40. The molecule has 0 radical (unpaired) electrons. The molecule has 3 rings (SSSR count). The zero-order valence-electron chi connectivity index (χ0n) is 13.4. The van der Waals surface area contributed by atoms with Crippen LogP contribution >= 0.6 is 34.8 Å². The maximum Gasteiger partial charge on any atom is 0.265 e. The van der Waals surface area contributed by atoms with Gasteiger partial charge in [-0.3, -0.25) is 0 Å². The van der Waals surface area contributed by atoms with Crippen LogP contribution in [-0.4, -0.2) is 23.2 Å². The number of aryl methyl sites for hydroxylation is 1. The molecule has 1 heterocycles. The molecule has 0 aliphatic rings. The molecule has 0 saturated carbocycles. The van der Waals surface area contributed by atoms with Crippen molar-refractivity contribution < 1.29 is 8.42 Å². The highest BCUT2D eigenvalue weighted by Crippen LogP contribution is 2.32. The average molecular weight is 432 g/mol. The smallest absolute Gasteiger partial charge is 0.246 e. The number of anilines is 1. The second-order valence-electron chi connectivity index (χ2n) is 5.49. The lowest BCUT2D eigenvalue weighted by atomic mass is 10.1. The summed E-state index contributed by atoms with van der Waals surface area (Å²) in [5.74, 6) is -0.0688. The van der Waals surface area contributed by atoms with Crippen LogP contribution in [-0.2, 0) is 16.6 Å². The highest BCUT2D eigenvalue weighted by molar-refractivity contribution is 7.92. The number of hydrogen-bond donors (Lipinski definition) is 1. The number of benzene rings is 2. The van der Waals surface area contributed by atoms with Gasteiger partial charge in [0.05, 0.1) is 21.6 Å². The number of hydrogen-bond acceptors (Lipinski definition) is 4. The fourth-order valence-electron chi connectivity index (χ4n) is 2.27. The number of nitrogens with zero attached hydrogens (tertiary/aromatic N) is 3. The monoisotopic (exact) mass is 430 g/mol. The first-order valence-corrected chi connectivity index (χ1v) is 9.99. The van der Waals surface area contributed by atoms with Crippen LogP contribution in [0.25, 0.3) is 0 Å². The Hall–Kier alpha value is -1.80. The molecule has 2 aromatic carbocycles. The van der Waals surface area contributed by atoms with E-state index >= 15 is 0 Å². The van der Waals surface area contributed by atoms with Gasteiger partial charge in [0.2, 0.25) is 0 Å². The van der Waals surface area contributed by atoms with Crippen molar-refractivity contribution in [2.75, 3.05) is 4.72 Å². The third-order valence-electron chi connectivity index (χ3n) is 3.62.